The van der Waals surface area contributed by atoms with Crippen molar-refractivity contribution in [3.63, 3.8) is 0 Å². The summed E-state index contributed by atoms with van der Waals surface area (Å²) in [6.45, 7) is 0. The monoisotopic (exact) mass is 362 g/mol. The second-order valence-electron chi connectivity index (χ2n) is 2.55. The second kappa shape index (κ2) is 4.62. The van der Waals surface area contributed by atoms with Crippen LogP contribution in [0.15, 0.2) is 0 Å². The van der Waals surface area contributed by atoms with Crippen molar-refractivity contribution in [1.29, 1.82) is 0 Å². The Hall–Kier alpha value is -0.760. The Balaban J connectivity index is 3.77. The van der Waals surface area contributed by atoms with Gasteiger partial charge in [-0.2, -0.15) is 0 Å². The molecule has 0 unspecified atom stereocenters. The smallest absolute Gasteiger partial charge is 0.234 e. The molecule has 0 atom stereocenters. The van der Waals surface area contributed by atoms with E-state index in [1.165, 1.54) is 0 Å². The lowest BCUT2D eigenvalue weighted by Crippen LogP contribution is -2.12. The summed E-state index contributed by atoms with van der Waals surface area (Å²) in [4.78, 5) is 21.4. The van der Waals surface area contributed by atoms with Crippen molar-refractivity contribution in [2.75, 3.05) is 0 Å². The summed E-state index contributed by atoms with van der Waals surface area (Å²) in [6, 6.07) is 0. The van der Waals surface area contributed by atoms with Crippen molar-refractivity contribution >= 4 is 41.2 Å². The Labute approximate surface area is 103 Å². The van der Waals surface area contributed by atoms with Crippen LogP contribution >= 0.6 is 31.9 Å². The first-order valence-electron chi connectivity index (χ1n) is 3.54. The molecular weight excluding hydrogens is 364 g/mol. The van der Waals surface area contributed by atoms with Gasteiger partial charge in [-0.25, -0.2) is 17.6 Å². The van der Waals surface area contributed by atoms with Crippen molar-refractivity contribution in [3.05, 3.63) is 34.4 Å². The van der Waals surface area contributed by atoms with Gasteiger partial charge in [-0.15, -0.1) is 0 Å². The highest BCUT2D eigenvalue weighted by molar-refractivity contribution is 9.18. The number of benzene rings is 1. The van der Waals surface area contributed by atoms with Gasteiger partial charge in [-0.3, -0.25) is 9.59 Å². The number of carbonyl (C=O) groups excluding carboxylic acids is 2. The lowest BCUT2D eigenvalue weighted by Gasteiger charge is -2.06. The standard InChI is InChI=1S/C8Br2F4O2/c9-7(15)1-3(11)5(13)2(8(10)16)6(14)4(1)12. The van der Waals surface area contributed by atoms with Gasteiger partial charge < -0.3 is 0 Å². The summed E-state index contributed by atoms with van der Waals surface area (Å²) < 4.78 is 49.7. The molecule has 0 amide bonds. The Bertz CT molecular complexity index is 427. The third kappa shape index (κ3) is 2.03. The molecule has 2 nitrogen and oxygen atoms in total. The molecule has 0 N–H and O–H groups in total. The molecule has 0 aromatic heterocycles. The van der Waals surface area contributed by atoms with Crippen LogP contribution in [-0.2, 0) is 0 Å². The van der Waals surface area contributed by atoms with Gasteiger partial charge in [0.15, 0.2) is 23.3 Å². The molecule has 0 fully saturated rings. The molecule has 1 rings (SSSR count). The summed E-state index contributed by atoms with van der Waals surface area (Å²) >= 11 is 4.33. The van der Waals surface area contributed by atoms with Crippen LogP contribution in [0.3, 0.4) is 0 Å². The van der Waals surface area contributed by atoms with Crippen molar-refractivity contribution in [1.82, 2.24) is 0 Å². The number of halogens is 6. The molecule has 0 aliphatic heterocycles. The van der Waals surface area contributed by atoms with Crippen molar-refractivity contribution in [3.8, 4) is 0 Å². The minimum absolute atomic E-state index is 1.37. The lowest BCUT2D eigenvalue weighted by molar-refractivity contribution is 0.106. The van der Waals surface area contributed by atoms with Gasteiger partial charge >= 0.3 is 0 Å². The van der Waals surface area contributed by atoms with Crippen molar-refractivity contribution in [2.45, 2.75) is 0 Å². The van der Waals surface area contributed by atoms with Crippen LogP contribution in [-0.4, -0.2) is 9.39 Å². The molecule has 0 heterocycles. The minimum Gasteiger partial charge on any atom is -0.281 e. The average Bonchev–Trinajstić information content (AvgIpc) is 2.14. The first-order valence-corrected chi connectivity index (χ1v) is 5.13. The highest BCUT2D eigenvalue weighted by Gasteiger charge is 2.30. The van der Waals surface area contributed by atoms with E-state index in [9.17, 15) is 27.2 Å². The molecule has 0 spiro atoms. The molecule has 0 aliphatic rings. The highest BCUT2D eigenvalue weighted by Crippen LogP contribution is 2.27. The summed E-state index contributed by atoms with van der Waals surface area (Å²) in [5.41, 5.74) is -2.85. The fraction of sp³-hybridized carbons (Fsp3) is 0. The number of hydrogen-bond acceptors (Lipinski definition) is 2. The van der Waals surface area contributed by atoms with Gasteiger partial charge in [0, 0.05) is 0 Å². The molecular formula is C8Br2F4O2. The minimum atomic E-state index is -1.93. The summed E-state index contributed by atoms with van der Waals surface area (Å²) in [6.07, 6.45) is 0. The zero-order valence-corrected chi connectivity index (χ0v) is 10.3. The lowest BCUT2D eigenvalue weighted by atomic mass is 10.1. The number of hydrogen-bond donors (Lipinski definition) is 0. The highest BCUT2D eigenvalue weighted by atomic mass is 79.9. The number of rotatable bonds is 2. The van der Waals surface area contributed by atoms with E-state index in [2.05, 4.69) is 31.9 Å². The SMILES string of the molecule is O=C(Br)c1c(F)c(F)c(C(=O)Br)c(F)c1F. The van der Waals surface area contributed by atoms with E-state index < -0.39 is 43.8 Å². The van der Waals surface area contributed by atoms with E-state index >= 15 is 0 Å². The maximum absolute atomic E-state index is 13.1. The third-order valence-electron chi connectivity index (χ3n) is 1.66. The summed E-state index contributed by atoms with van der Waals surface area (Å²) in [5, 5.41) is 0. The van der Waals surface area contributed by atoms with Crippen LogP contribution in [0.25, 0.3) is 0 Å². The fourth-order valence-electron chi connectivity index (χ4n) is 0.977. The molecule has 1 aromatic rings. The van der Waals surface area contributed by atoms with Crippen LogP contribution < -0.4 is 0 Å². The largest absolute Gasteiger partial charge is 0.281 e. The molecule has 8 heteroatoms. The molecule has 1 aromatic carbocycles. The van der Waals surface area contributed by atoms with Crippen LogP contribution in [0.4, 0.5) is 17.6 Å². The van der Waals surface area contributed by atoms with Crippen LogP contribution in [0.1, 0.15) is 20.7 Å². The maximum atomic E-state index is 13.1. The quantitative estimate of drug-likeness (QED) is 0.459. The van der Waals surface area contributed by atoms with Gasteiger partial charge in [-0.1, -0.05) is 0 Å². The van der Waals surface area contributed by atoms with E-state index in [0.29, 0.717) is 0 Å². The Kier molecular flexibility index (Phi) is 3.84. The fourth-order valence-corrected chi connectivity index (χ4v) is 1.67. The van der Waals surface area contributed by atoms with Gasteiger partial charge in [0.1, 0.15) is 11.1 Å². The average molecular weight is 364 g/mol. The molecule has 0 bridgehead atoms. The van der Waals surface area contributed by atoms with E-state index in [1.807, 2.05) is 0 Å². The van der Waals surface area contributed by atoms with E-state index in [-0.39, 0.29) is 0 Å². The Morgan fingerprint density at radius 3 is 1.00 bits per heavy atom. The first-order chi connectivity index (χ1) is 7.29. The first kappa shape index (κ1) is 13.3. The normalized spacial score (nSPS) is 10.4. The topological polar surface area (TPSA) is 34.1 Å². The van der Waals surface area contributed by atoms with Gasteiger partial charge in [0.05, 0.1) is 0 Å². The number of carbonyl (C=O) groups is 2. The second-order valence-corrected chi connectivity index (χ2v) is 3.99. The van der Waals surface area contributed by atoms with Crippen LogP contribution in [0, 0.1) is 23.3 Å². The zero-order valence-electron chi connectivity index (χ0n) is 7.08. The Morgan fingerprint density at radius 1 is 0.688 bits per heavy atom. The van der Waals surface area contributed by atoms with E-state index in [4.69, 9.17) is 0 Å². The molecule has 0 saturated carbocycles. The molecule has 16 heavy (non-hydrogen) atoms. The van der Waals surface area contributed by atoms with E-state index in [0.717, 1.165) is 0 Å². The molecule has 86 valence electrons. The molecule has 0 saturated heterocycles. The maximum Gasteiger partial charge on any atom is 0.234 e. The predicted molar refractivity (Wildman–Crippen MR) is 52.8 cm³/mol. The van der Waals surface area contributed by atoms with Gasteiger partial charge in [0.2, 0.25) is 9.39 Å². The Morgan fingerprint density at radius 2 is 0.875 bits per heavy atom. The van der Waals surface area contributed by atoms with Gasteiger partial charge in [-0.05, 0) is 31.9 Å². The third-order valence-corrected chi connectivity index (χ3v) is 2.45. The zero-order chi connectivity index (χ0) is 12.6. The summed E-state index contributed by atoms with van der Waals surface area (Å²) in [7, 11) is 0. The van der Waals surface area contributed by atoms with E-state index in [1.54, 1.807) is 0 Å². The summed E-state index contributed by atoms with van der Waals surface area (Å²) in [5.74, 6) is -7.71. The van der Waals surface area contributed by atoms with Gasteiger partial charge in [0.25, 0.3) is 0 Å². The molecule has 0 radical (unpaired) electrons. The van der Waals surface area contributed by atoms with Crippen molar-refractivity contribution < 1.29 is 27.2 Å². The van der Waals surface area contributed by atoms with Crippen LogP contribution in [0.2, 0.25) is 0 Å². The van der Waals surface area contributed by atoms with Crippen molar-refractivity contribution in [2.24, 2.45) is 0 Å². The predicted octanol–water partition coefficient (Wildman–Crippen LogP) is 3.31. The molecule has 0 aliphatic carbocycles. The van der Waals surface area contributed by atoms with Crippen LogP contribution in [0.5, 0.6) is 0 Å².